The summed E-state index contributed by atoms with van der Waals surface area (Å²) < 4.78 is 4.78. The molecule has 0 saturated heterocycles. The minimum Gasteiger partial charge on any atom is -0.481 e. The van der Waals surface area contributed by atoms with Gasteiger partial charge in [0.1, 0.15) is 18.4 Å². The lowest BCUT2D eigenvalue weighted by Crippen LogP contribution is -2.36. The van der Waals surface area contributed by atoms with Gasteiger partial charge < -0.3 is 9.84 Å². The first-order chi connectivity index (χ1) is 10.5. The van der Waals surface area contributed by atoms with Crippen molar-refractivity contribution in [3.05, 3.63) is 35.9 Å². The molecule has 0 aliphatic rings. The van der Waals surface area contributed by atoms with Crippen molar-refractivity contribution >= 4 is 40.9 Å². The highest BCUT2D eigenvalue weighted by molar-refractivity contribution is 6.28. The Labute approximate surface area is 138 Å². The number of carbonyl (C=O) groups is 3. The van der Waals surface area contributed by atoms with E-state index >= 15 is 0 Å². The van der Waals surface area contributed by atoms with Gasteiger partial charge in [-0.05, 0) is 12.0 Å². The Kier molecular flexibility index (Phi) is 7.91. The molecule has 22 heavy (non-hydrogen) atoms. The van der Waals surface area contributed by atoms with E-state index < -0.39 is 36.2 Å². The summed E-state index contributed by atoms with van der Waals surface area (Å²) in [5.41, 5.74) is 0.806. The van der Waals surface area contributed by atoms with Crippen LogP contribution in [0.5, 0.6) is 0 Å². The summed E-state index contributed by atoms with van der Waals surface area (Å²) in [5.74, 6) is -5.07. The highest BCUT2D eigenvalue weighted by Gasteiger charge is 2.34. The number of rotatable bonds is 9. The maximum Gasteiger partial charge on any atom is 0.320 e. The zero-order valence-corrected chi connectivity index (χ0v) is 13.2. The Balaban J connectivity index is 2.92. The summed E-state index contributed by atoms with van der Waals surface area (Å²) in [4.78, 5) is 34.5. The second kappa shape index (κ2) is 9.43. The van der Waals surface area contributed by atoms with Gasteiger partial charge in [-0.1, -0.05) is 30.3 Å². The number of ether oxygens (including phenoxy) is 1. The summed E-state index contributed by atoms with van der Waals surface area (Å²) in [6.07, 6.45) is 0.210. The van der Waals surface area contributed by atoms with Gasteiger partial charge in [-0.3, -0.25) is 14.4 Å². The first-order valence-corrected chi connectivity index (χ1v) is 7.63. The van der Waals surface area contributed by atoms with Crippen molar-refractivity contribution in [3.63, 3.8) is 0 Å². The van der Waals surface area contributed by atoms with E-state index in [-0.39, 0.29) is 18.2 Å². The fraction of sp³-hybridized carbons (Fsp3) is 0.400. The highest BCUT2D eigenvalue weighted by atomic mass is 35.5. The van der Waals surface area contributed by atoms with Gasteiger partial charge in [-0.2, -0.15) is 0 Å². The van der Waals surface area contributed by atoms with Crippen LogP contribution in [0.25, 0.3) is 0 Å². The Morgan fingerprint density at radius 1 is 1.05 bits per heavy atom. The SMILES string of the molecule is O=C(CCl)OC[C@@H](C(=O)O)C(Cc1ccccc1)C(=O)CCl. The molecular formula is C15H16Cl2O5. The standard InChI is InChI=1S/C15H16Cl2O5/c16-7-13(18)11(6-10-4-2-1-3-5-10)12(15(20)21)9-22-14(19)8-17/h1-5,11-12H,6-9H2,(H,20,21)/t11?,12-/m1/s1. The van der Waals surface area contributed by atoms with Gasteiger partial charge in [-0.15, -0.1) is 23.2 Å². The van der Waals surface area contributed by atoms with Gasteiger partial charge in [-0.25, -0.2) is 0 Å². The lowest BCUT2D eigenvalue weighted by molar-refractivity contribution is -0.153. The van der Waals surface area contributed by atoms with Crippen molar-refractivity contribution in [2.24, 2.45) is 11.8 Å². The van der Waals surface area contributed by atoms with E-state index in [0.717, 1.165) is 5.56 Å². The molecule has 1 unspecified atom stereocenters. The van der Waals surface area contributed by atoms with Gasteiger partial charge in [0.15, 0.2) is 5.78 Å². The summed E-state index contributed by atoms with van der Waals surface area (Å²) in [7, 11) is 0. The van der Waals surface area contributed by atoms with Crippen molar-refractivity contribution < 1.29 is 24.2 Å². The van der Waals surface area contributed by atoms with Crippen molar-refractivity contribution in [1.29, 1.82) is 0 Å². The predicted molar refractivity (Wildman–Crippen MR) is 82.2 cm³/mol. The van der Waals surface area contributed by atoms with Gasteiger partial charge in [0.25, 0.3) is 0 Å². The number of esters is 1. The Bertz CT molecular complexity index is 518. The van der Waals surface area contributed by atoms with Crippen LogP contribution in [0.1, 0.15) is 5.56 Å². The average molecular weight is 347 g/mol. The van der Waals surface area contributed by atoms with Crippen LogP contribution in [-0.2, 0) is 25.5 Å². The van der Waals surface area contributed by atoms with E-state index in [9.17, 15) is 19.5 Å². The molecule has 0 heterocycles. The second-order valence-corrected chi connectivity index (χ2v) is 5.19. The number of aliphatic carboxylic acids is 1. The fourth-order valence-electron chi connectivity index (χ4n) is 2.03. The van der Waals surface area contributed by atoms with Crippen LogP contribution in [0, 0.1) is 11.8 Å². The fourth-order valence-corrected chi connectivity index (χ4v) is 2.30. The number of ketones is 1. The smallest absolute Gasteiger partial charge is 0.320 e. The number of hydrogen-bond donors (Lipinski definition) is 1. The molecule has 0 spiro atoms. The van der Waals surface area contributed by atoms with Crippen molar-refractivity contribution in [2.75, 3.05) is 18.4 Å². The van der Waals surface area contributed by atoms with Crippen molar-refractivity contribution in [3.8, 4) is 0 Å². The largest absolute Gasteiger partial charge is 0.481 e. The van der Waals surface area contributed by atoms with Gasteiger partial charge in [0.2, 0.25) is 0 Å². The van der Waals surface area contributed by atoms with Crippen LogP contribution >= 0.6 is 23.2 Å². The first-order valence-electron chi connectivity index (χ1n) is 6.56. The maximum absolute atomic E-state index is 12.0. The summed E-state index contributed by atoms with van der Waals surface area (Å²) in [6.45, 7) is -0.416. The molecule has 0 saturated carbocycles. The minimum absolute atomic E-state index is 0.210. The quantitative estimate of drug-likeness (QED) is 0.547. The third kappa shape index (κ3) is 5.66. The summed E-state index contributed by atoms with van der Waals surface area (Å²) >= 11 is 10.9. The predicted octanol–water partition coefficient (Wildman–Crippen LogP) is 2.14. The topological polar surface area (TPSA) is 80.7 Å². The van der Waals surface area contributed by atoms with Crippen LogP contribution in [-0.4, -0.2) is 41.2 Å². The average Bonchev–Trinajstić information content (AvgIpc) is 2.53. The summed E-state index contributed by atoms with van der Waals surface area (Å²) in [6, 6.07) is 8.98. The third-order valence-corrected chi connectivity index (χ3v) is 3.66. The lowest BCUT2D eigenvalue weighted by atomic mass is 9.84. The number of carboxylic acid groups (broad SMARTS) is 1. The molecule has 1 aromatic carbocycles. The van der Waals surface area contributed by atoms with E-state index in [1.807, 2.05) is 6.07 Å². The Hall–Kier alpha value is -1.59. The van der Waals surface area contributed by atoms with Gasteiger partial charge in [0.05, 0.1) is 5.88 Å². The molecule has 0 radical (unpaired) electrons. The second-order valence-electron chi connectivity index (χ2n) is 4.66. The first kappa shape index (κ1) is 18.5. The van der Waals surface area contributed by atoms with E-state index in [1.165, 1.54) is 0 Å². The molecule has 120 valence electrons. The van der Waals surface area contributed by atoms with Crippen LogP contribution in [0.15, 0.2) is 30.3 Å². The molecule has 0 bridgehead atoms. The molecule has 1 aromatic rings. The zero-order chi connectivity index (χ0) is 16.5. The van der Waals surface area contributed by atoms with Crippen LogP contribution in [0.2, 0.25) is 0 Å². The maximum atomic E-state index is 12.0. The minimum atomic E-state index is -1.22. The molecule has 0 fully saturated rings. The van der Waals surface area contributed by atoms with Gasteiger partial charge in [0, 0.05) is 5.92 Å². The highest BCUT2D eigenvalue weighted by Crippen LogP contribution is 2.21. The summed E-state index contributed by atoms with van der Waals surface area (Å²) in [5, 5.41) is 9.33. The molecule has 7 heteroatoms. The number of halogens is 2. The van der Waals surface area contributed by atoms with Crippen molar-refractivity contribution in [2.45, 2.75) is 6.42 Å². The van der Waals surface area contributed by atoms with Crippen LogP contribution < -0.4 is 0 Å². The third-order valence-electron chi connectivity index (χ3n) is 3.18. The van der Waals surface area contributed by atoms with Crippen molar-refractivity contribution in [1.82, 2.24) is 0 Å². The number of hydrogen-bond acceptors (Lipinski definition) is 4. The molecule has 0 amide bonds. The molecular weight excluding hydrogens is 331 g/mol. The normalized spacial score (nSPS) is 13.2. The monoisotopic (exact) mass is 346 g/mol. The molecule has 5 nitrogen and oxygen atoms in total. The van der Waals surface area contributed by atoms with Crippen LogP contribution in [0.3, 0.4) is 0 Å². The van der Waals surface area contributed by atoms with E-state index in [0.29, 0.717) is 0 Å². The van der Waals surface area contributed by atoms with Gasteiger partial charge >= 0.3 is 11.9 Å². The number of benzene rings is 1. The molecule has 0 aliphatic carbocycles. The number of carbonyl (C=O) groups excluding carboxylic acids is 2. The number of carboxylic acids is 1. The molecule has 1 N–H and O–H groups in total. The van der Waals surface area contributed by atoms with E-state index in [4.69, 9.17) is 27.9 Å². The number of alkyl halides is 2. The van der Waals surface area contributed by atoms with Crippen LogP contribution in [0.4, 0.5) is 0 Å². The molecule has 1 rings (SSSR count). The van der Waals surface area contributed by atoms with E-state index in [1.54, 1.807) is 24.3 Å². The molecule has 2 atom stereocenters. The molecule has 0 aromatic heterocycles. The number of Topliss-reactive ketones (excluding diaryl/α,β-unsaturated/α-hetero) is 1. The Morgan fingerprint density at radius 2 is 1.68 bits per heavy atom. The Morgan fingerprint density at radius 3 is 2.18 bits per heavy atom. The lowest BCUT2D eigenvalue weighted by Gasteiger charge is -2.22. The zero-order valence-electron chi connectivity index (χ0n) is 11.7. The molecule has 0 aliphatic heterocycles. The van der Waals surface area contributed by atoms with E-state index in [2.05, 4.69) is 0 Å².